The Morgan fingerprint density at radius 2 is 1.80 bits per heavy atom. The molecule has 0 aliphatic carbocycles. The molecule has 9 heteroatoms. The van der Waals surface area contributed by atoms with Gasteiger partial charge in [-0.15, -0.1) is 0 Å². The van der Waals surface area contributed by atoms with Crippen molar-refractivity contribution in [2.75, 3.05) is 25.7 Å². The van der Waals surface area contributed by atoms with Gasteiger partial charge in [0.1, 0.15) is 17.5 Å². The van der Waals surface area contributed by atoms with Crippen LogP contribution in [0.5, 0.6) is 11.5 Å². The average molecular weight is 405 g/mol. The predicted octanol–water partition coefficient (Wildman–Crippen LogP) is 2.48. The lowest BCUT2D eigenvalue weighted by Gasteiger charge is -2.19. The fourth-order valence-electron chi connectivity index (χ4n) is 2.85. The number of nitrogens with two attached hydrogens (primary N) is 2. The second kappa shape index (κ2) is 8.79. The Morgan fingerprint density at radius 1 is 1.07 bits per heavy atom. The molecule has 1 unspecified atom stereocenters. The van der Waals surface area contributed by atoms with E-state index in [9.17, 15) is 10.1 Å². The molecule has 0 amide bonds. The van der Waals surface area contributed by atoms with E-state index >= 15 is 0 Å². The molecule has 1 aromatic heterocycles. The Kier molecular flexibility index (Phi) is 5.98. The van der Waals surface area contributed by atoms with Gasteiger partial charge in [0, 0.05) is 11.1 Å². The highest BCUT2D eigenvalue weighted by Gasteiger charge is 2.25. The third kappa shape index (κ3) is 4.07. The van der Waals surface area contributed by atoms with Gasteiger partial charge >= 0.3 is 5.97 Å². The van der Waals surface area contributed by atoms with Gasteiger partial charge in [-0.2, -0.15) is 10.2 Å². The smallest absolute Gasteiger partial charge is 0.351 e. The molecule has 9 nitrogen and oxygen atoms in total. The molecule has 0 bridgehead atoms. The van der Waals surface area contributed by atoms with E-state index in [0.717, 1.165) is 0 Å². The van der Waals surface area contributed by atoms with Crippen molar-refractivity contribution in [1.82, 2.24) is 9.97 Å². The number of anilines is 2. The SMILES string of the molecule is COC(=O)C(Oc1cc(-c2nc(N)nc(N)c2C#N)ccc1OC)c1ccccc1. The summed E-state index contributed by atoms with van der Waals surface area (Å²) in [5.41, 5.74) is 12.9. The van der Waals surface area contributed by atoms with Crippen LogP contribution in [-0.4, -0.2) is 30.2 Å². The number of carbonyl (C=O) groups is 1. The molecule has 30 heavy (non-hydrogen) atoms. The topological polar surface area (TPSA) is 146 Å². The summed E-state index contributed by atoms with van der Waals surface area (Å²) < 4.78 is 16.2. The van der Waals surface area contributed by atoms with Crippen LogP contribution in [0.4, 0.5) is 11.8 Å². The standard InChI is InChI=1S/C21H19N5O4/c1-28-15-9-8-13(17-14(11-22)19(23)26-21(24)25-17)10-16(15)30-18(20(27)29-2)12-6-4-3-5-7-12/h3-10,18H,1-2H3,(H4,23,24,25,26). The molecular weight excluding hydrogens is 386 g/mol. The van der Waals surface area contributed by atoms with E-state index in [2.05, 4.69) is 9.97 Å². The van der Waals surface area contributed by atoms with E-state index in [-0.39, 0.29) is 28.8 Å². The first-order valence-corrected chi connectivity index (χ1v) is 8.79. The fraction of sp³-hybridized carbons (Fsp3) is 0.143. The van der Waals surface area contributed by atoms with Crippen LogP contribution in [-0.2, 0) is 9.53 Å². The lowest BCUT2D eigenvalue weighted by atomic mass is 10.1. The summed E-state index contributed by atoms with van der Waals surface area (Å²) in [6.07, 6.45) is -1.03. The summed E-state index contributed by atoms with van der Waals surface area (Å²) in [5, 5.41) is 9.45. The Morgan fingerprint density at radius 3 is 2.43 bits per heavy atom. The molecule has 2 aromatic carbocycles. The maximum Gasteiger partial charge on any atom is 0.351 e. The van der Waals surface area contributed by atoms with Crippen molar-refractivity contribution in [1.29, 1.82) is 5.26 Å². The van der Waals surface area contributed by atoms with Gasteiger partial charge in [0.15, 0.2) is 11.5 Å². The molecule has 0 aliphatic heterocycles. The first-order chi connectivity index (χ1) is 14.5. The van der Waals surface area contributed by atoms with Gasteiger partial charge in [-0.05, 0) is 18.2 Å². The molecular formula is C21H19N5O4. The normalized spacial score (nSPS) is 11.2. The molecule has 1 heterocycles. The molecule has 0 fully saturated rings. The number of hydrogen-bond acceptors (Lipinski definition) is 9. The minimum absolute atomic E-state index is 0.0324. The first kappa shape index (κ1) is 20.4. The number of methoxy groups -OCH3 is 2. The summed E-state index contributed by atoms with van der Waals surface area (Å²) >= 11 is 0. The molecule has 0 aliphatic rings. The molecule has 0 spiro atoms. The van der Waals surface area contributed by atoms with Crippen LogP contribution >= 0.6 is 0 Å². The van der Waals surface area contributed by atoms with Gasteiger partial charge in [0.25, 0.3) is 0 Å². The lowest BCUT2D eigenvalue weighted by molar-refractivity contribution is -0.149. The van der Waals surface area contributed by atoms with Crippen LogP contribution in [0.1, 0.15) is 17.2 Å². The predicted molar refractivity (Wildman–Crippen MR) is 109 cm³/mol. The van der Waals surface area contributed by atoms with Crippen LogP contribution in [0.15, 0.2) is 48.5 Å². The number of rotatable bonds is 6. The van der Waals surface area contributed by atoms with Crippen LogP contribution in [0.2, 0.25) is 0 Å². The summed E-state index contributed by atoms with van der Waals surface area (Å²) in [4.78, 5) is 20.3. The van der Waals surface area contributed by atoms with Crippen molar-refractivity contribution in [3.8, 4) is 28.8 Å². The first-order valence-electron chi connectivity index (χ1n) is 8.79. The average Bonchev–Trinajstić information content (AvgIpc) is 2.77. The zero-order valence-corrected chi connectivity index (χ0v) is 16.3. The summed E-state index contributed by atoms with van der Waals surface area (Å²) in [6, 6.07) is 15.7. The largest absolute Gasteiger partial charge is 0.493 e. The summed E-state index contributed by atoms with van der Waals surface area (Å²) in [7, 11) is 2.75. The number of nitriles is 1. The van der Waals surface area contributed by atoms with Crippen molar-refractivity contribution in [3.05, 3.63) is 59.7 Å². The Bertz CT molecular complexity index is 1110. The molecule has 3 aromatic rings. The van der Waals surface area contributed by atoms with Gasteiger partial charge in [-0.25, -0.2) is 9.78 Å². The highest BCUT2D eigenvalue weighted by Crippen LogP contribution is 2.36. The monoisotopic (exact) mass is 405 g/mol. The maximum absolute atomic E-state index is 12.4. The van der Waals surface area contributed by atoms with E-state index in [4.69, 9.17) is 25.7 Å². The van der Waals surface area contributed by atoms with Crippen LogP contribution in [0, 0.1) is 11.3 Å². The summed E-state index contributed by atoms with van der Waals surface area (Å²) in [5.74, 6) is -0.0700. The third-order valence-corrected chi connectivity index (χ3v) is 4.27. The number of nitrogen functional groups attached to an aromatic ring is 2. The molecule has 0 saturated carbocycles. The molecule has 3 rings (SSSR count). The highest BCUT2D eigenvalue weighted by molar-refractivity contribution is 5.78. The van der Waals surface area contributed by atoms with Gasteiger partial charge in [-0.3, -0.25) is 0 Å². The molecule has 0 radical (unpaired) electrons. The van der Waals surface area contributed by atoms with Crippen molar-refractivity contribution in [2.45, 2.75) is 6.10 Å². The van der Waals surface area contributed by atoms with Crippen molar-refractivity contribution in [3.63, 3.8) is 0 Å². The number of hydrogen-bond donors (Lipinski definition) is 2. The van der Waals surface area contributed by atoms with E-state index in [1.807, 2.05) is 12.1 Å². The second-order valence-corrected chi connectivity index (χ2v) is 6.10. The van der Waals surface area contributed by atoms with Gasteiger partial charge < -0.3 is 25.7 Å². The number of ether oxygens (including phenoxy) is 3. The van der Waals surface area contributed by atoms with Crippen molar-refractivity contribution in [2.24, 2.45) is 0 Å². The van der Waals surface area contributed by atoms with Gasteiger partial charge in [-0.1, -0.05) is 30.3 Å². The zero-order chi connectivity index (χ0) is 21.7. The minimum Gasteiger partial charge on any atom is -0.493 e. The number of benzene rings is 2. The van der Waals surface area contributed by atoms with E-state index < -0.39 is 12.1 Å². The molecule has 0 saturated heterocycles. The Hall–Kier alpha value is -4.32. The molecule has 4 N–H and O–H groups in total. The second-order valence-electron chi connectivity index (χ2n) is 6.10. The molecule has 1 atom stereocenters. The van der Waals surface area contributed by atoms with Crippen LogP contribution in [0.3, 0.4) is 0 Å². The minimum atomic E-state index is -1.03. The Balaban J connectivity index is 2.10. The van der Waals surface area contributed by atoms with Gasteiger partial charge in [0.05, 0.1) is 19.9 Å². The van der Waals surface area contributed by atoms with E-state index in [1.165, 1.54) is 14.2 Å². The van der Waals surface area contributed by atoms with Gasteiger partial charge in [0.2, 0.25) is 12.1 Å². The Labute approximate surface area is 172 Å². The summed E-state index contributed by atoms with van der Waals surface area (Å²) in [6.45, 7) is 0. The number of aromatic nitrogens is 2. The lowest BCUT2D eigenvalue weighted by Crippen LogP contribution is -2.20. The van der Waals surface area contributed by atoms with Crippen LogP contribution < -0.4 is 20.9 Å². The number of carbonyl (C=O) groups excluding carboxylic acids is 1. The number of nitrogens with zero attached hydrogens (tertiary/aromatic N) is 3. The van der Waals surface area contributed by atoms with E-state index in [1.54, 1.807) is 42.5 Å². The van der Waals surface area contributed by atoms with E-state index in [0.29, 0.717) is 16.9 Å². The quantitative estimate of drug-likeness (QED) is 0.590. The van der Waals surface area contributed by atoms with Crippen molar-refractivity contribution < 1.29 is 19.0 Å². The zero-order valence-electron chi connectivity index (χ0n) is 16.3. The van der Waals surface area contributed by atoms with Crippen LogP contribution in [0.25, 0.3) is 11.3 Å². The maximum atomic E-state index is 12.4. The highest BCUT2D eigenvalue weighted by atomic mass is 16.6. The van der Waals surface area contributed by atoms with Crippen molar-refractivity contribution >= 4 is 17.7 Å². The fourth-order valence-corrected chi connectivity index (χ4v) is 2.85. The third-order valence-electron chi connectivity index (χ3n) is 4.27. The number of esters is 1. The molecule has 152 valence electrons.